The zero-order valence-corrected chi connectivity index (χ0v) is 8.39. The zero-order valence-electron chi connectivity index (χ0n) is 8.39. The fourth-order valence-electron chi connectivity index (χ4n) is 0.872. The van der Waals surface area contributed by atoms with Crippen molar-refractivity contribution in [2.75, 3.05) is 13.7 Å². The molecule has 0 aliphatic rings. The highest BCUT2D eigenvalue weighted by Crippen LogP contribution is 1.95. The van der Waals surface area contributed by atoms with Crippen LogP contribution in [0.4, 0.5) is 0 Å². The van der Waals surface area contributed by atoms with E-state index in [9.17, 15) is 4.79 Å². The third-order valence-electron chi connectivity index (χ3n) is 1.68. The topological polar surface area (TPSA) is 38.3 Å². The first kappa shape index (κ1) is 11.6. The molecule has 0 aromatic rings. The third kappa shape index (κ3) is 4.46. The van der Waals surface area contributed by atoms with Gasteiger partial charge >= 0.3 is 0 Å². The molecule has 3 nitrogen and oxygen atoms in total. The summed E-state index contributed by atoms with van der Waals surface area (Å²) in [7, 11) is 1.78. The van der Waals surface area contributed by atoms with Gasteiger partial charge in [0.15, 0.2) is 5.78 Å². The lowest BCUT2D eigenvalue weighted by Gasteiger charge is -2.15. The van der Waals surface area contributed by atoms with Crippen molar-refractivity contribution in [1.82, 2.24) is 5.32 Å². The Hall–Kier alpha value is -0.410. The van der Waals surface area contributed by atoms with Crippen LogP contribution in [0.1, 0.15) is 27.2 Å². The Morgan fingerprint density at radius 3 is 2.42 bits per heavy atom. The van der Waals surface area contributed by atoms with Crippen LogP contribution in [0.25, 0.3) is 0 Å². The van der Waals surface area contributed by atoms with Crippen LogP contribution in [0.15, 0.2) is 0 Å². The molecule has 0 aliphatic heterocycles. The normalized spacial score (nSPS) is 13.4. The summed E-state index contributed by atoms with van der Waals surface area (Å²) < 4.78 is 5.33. The van der Waals surface area contributed by atoms with Crippen LogP contribution in [0.3, 0.4) is 0 Å². The summed E-state index contributed by atoms with van der Waals surface area (Å²) in [6.45, 7) is 6.26. The van der Waals surface area contributed by atoms with Gasteiger partial charge in [-0.1, -0.05) is 6.92 Å². The Kier molecular flexibility index (Phi) is 5.93. The van der Waals surface area contributed by atoms with E-state index in [2.05, 4.69) is 5.32 Å². The molecule has 0 aromatic carbocycles. The van der Waals surface area contributed by atoms with Crippen molar-refractivity contribution >= 4 is 5.78 Å². The highest BCUT2D eigenvalue weighted by molar-refractivity contribution is 5.83. The van der Waals surface area contributed by atoms with Gasteiger partial charge in [0.1, 0.15) is 0 Å². The molecule has 1 N–H and O–H groups in total. The van der Waals surface area contributed by atoms with E-state index in [1.165, 1.54) is 0 Å². The van der Waals surface area contributed by atoms with Gasteiger partial charge in [-0.25, -0.2) is 0 Å². The van der Waals surface area contributed by atoms with Crippen LogP contribution < -0.4 is 5.32 Å². The standard InChI is InChI=1S/C9H19NO2/c1-5-9(11)8(10-4)6-12-7(2)3/h7-8,10H,5-6H2,1-4H3. The fraction of sp³-hybridized carbons (Fsp3) is 0.889. The molecule has 0 fully saturated rings. The first-order valence-corrected chi connectivity index (χ1v) is 4.43. The Balaban J connectivity index is 3.75. The van der Waals surface area contributed by atoms with Gasteiger partial charge in [0.25, 0.3) is 0 Å². The van der Waals surface area contributed by atoms with Crippen molar-refractivity contribution in [2.45, 2.75) is 39.3 Å². The molecule has 0 heterocycles. The molecule has 0 aliphatic carbocycles. The van der Waals surface area contributed by atoms with E-state index in [1.807, 2.05) is 20.8 Å². The fourth-order valence-corrected chi connectivity index (χ4v) is 0.872. The van der Waals surface area contributed by atoms with Crippen LogP contribution in [0.5, 0.6) is 0 Å². The first-order chi connectivity index (χ1) is 5.61. The van der Waals surface area contributed by atoms with Crippen molar-refractivity contribution in [3.8, 4) is 0 Å². The number of Topliss-reactive ketones (excluding diaryl/α,β-unsaturated/α-hetero) is 1. The lowest BCUT2D eigenvalue weighted by molar-refractivity contribution is -0.122. The summed E-state index contributed by atoms with van der Waals surface area (Å²) in [5.74, 6) is 0.207. The largest absolute Gasteiger partial charge is 0.377 e. The van der Waals surface area contributed by atoms with Gasteiger partial charge in [0, 0.05) is 6.42 Å². The molecule has 0 saturated carbocycles. The Morgan fingerprint density at radius 1 is 1.50 bits per heavy atom. The molecule has 1 unspecified atom stereocenters. The number of rotatable bonds is 6. The van der Waals surface area contributed by atoms with E-state index in [0.29, 0.717) is 13.0 Å². The first-order valence-electron chi connectivity index (χ1n) is 4.43. The van der Waals surface area contributed by atoms with Crippen LogP contribution in [-0.2, 0) is 9.53 Å². The number of ether oxygens (including phenoxy) is 1. The Labute approximate surface area is 74.5 Å². The van der Waals surface area contributed by atoms with E-state index in [0.717, 1.165) is 0 Å². The maximum atomic E-state index is 11.2. The average molecular weight is 173 g/mol. The minimum Gasteiger partial charge on any atom is -0.377 e. The third-order valence-corrected chi connectivity index (χ3v) is 1.68. The van der Waals surface area contributed by atoms with Crippen molar-refractivity contribution in [3.63, 3.8) is 0 Å². The summed E-state index contributed by atoms with van der Waals surface area (Å²) in [4.78, 5) is 11.2. The van der Waals surface area contributed by atoms with Gasteiger partial charge in [-0.3, -0.25) is 4.79 Å². The summed E-state index contributed by atoms with van der Waals surface area (Å²) >= 11 is 0. The van der Waals surface area contributed by atoms with Gasteiger partial charge < -0.3 is 10.1 Å². The number of ketones is 1. The highest BCUT2D eigenvalue weighted by Gasteiger charge is 2.14. The SMILES string of the molecule is CCC(=O)C(COC(C)C)NC. The van der Waals surface area contributed by atoms with Crippen LogP contribution in [0, 0.1) is 0 Å². The molecule has 1 atom stereocenters. The molecule has 72 valence electrons. The number of hydrogen-bond acceptors (Lipinski definition) is 3. The molecular formula is C9H19NO2. The van der Waals surface area contributed by atoms with E-state index in [4.69, 9.17) is 4.74 Å². The smallest absolute Gasteiger partial charge is 0.151 e. The number of hydrogen-bond donors (Lipinski definition) is 1. The van der Waals surface area contributed by atoms with E-state index in [-0.39, 0.29) is 17.9 Å². The second-order valence-electron chi connectivity index (χ2n) is 3.04. The van der Waals surface area contributed by atoms with Crippen molar-refractivity contribution in [3.05, 3.63) is 0 Å². The molecule has 12 heavy (non-hydrogen) atoms. The van der Waals surface area contributed by atoms with Gasteiger partial charge in [0.05, 0.1) is 18.8 Å². The van der Waals surface area contributed by atoms with E-state index in [1.54, 1.807) is 7.05 Å². The monoisotopic (exact) mass is 173 g/mol. The Morgan fingerprint density at radius 2 is 2.08 bits per heavy atom. The van der Waals surface area contributed by atoms with Gasteiger partial charge in [-0.05, 0) is 20.9 Å². The van der Waals surface area contributed by atoms with Gasteiger partial charge in [-0.15, -0.1) is 0 Å². The highest BCUT2D eigenvalue weighted by atomic mass is 16.5. The maximum absolute atomic E-state index is 11.2. The quantitative estimate of drug-likeness (QED) is 0.650. The molecule has 0 radical (unpaired) electrons. The van der Waals surface area contributed by atoms with Crippen molar-refractivity contribution < 1.29 is 9.53 Å². The lowest BCUT2D eigenvalue weighted by atomic mass is 10.1. The van der Waals surface area contributed by atoms with Crippen LogP contribution >= 0.6 is 0 Å². The Bertz CT molecular complexity index is 134. The predicted octanol–water partition coefficient (Wildman–Crippen LogP) is 0.978. The van der Waals surface area contributed by atoms with Gasteiger partial charge in [0.2, 0.25) is 0 Å². The average Bonchev–Trinajstić information content (AvgIpc) is 2.04. The van der Waals surface area contributed by atoms with E-state index >= 15 is 0 Å². The van der Waals surface area contributed by atoms with E-state index < -0.39 is 0 Å². The zero-order chi connectivity index (χ0) is 9.56. The summed E-state index contributed by atoms with van der Waals surface area (Å²) in [6, 6.07) is -0.141. The van der Waals surface area contributed by atoms with Crippen LogP contribution in [0.2, 0.25) is 0 Å². The predicted molar refractivity (Wildman–Crippen MR) is 49.2 cm³/mol. The molecule has 0 rings (SSSR count). The maximum Gasteiger partial charge on any atom is 0.151 e. The van der Waals surface area contributed by atoms with Crippen LogP contribution in [-0.4, -0.2) is 31.6 Å². The van der Waals surface area contributed by atoms with Crippen molar-refractivity contribution in [2.24, 2.45) is 0 Å². The van der Waals surface area contributed by atoms with Gasteiger partial charge in [-0.2, -0.15) is 0 Å². The molecule has 0 saturated heterocycles. The molecule has 3 heteroatoms. The lowest BCUT2D eigenvalue weighted by Crippen LogP contribution is -2.38. The van der Waals surface area contributed by atoms with Crippen molar-refractivity contribution in [1.29, 1.82) is 0 Å². The molecule has 0 bridgehead atoms. The number of likely N-dealkylation sites (N-methyl/N-ethyl adjacent to an activating group) is 1. The summed E-state index contributed by atoms with van der Waals surface area (Å²) in [5.41, 5.74) is 0. The number of carbonyl (C=O) groups is 1. The second kappa shape index (κ2) is 6.14. The summed E-state index contributed by atoms with van der Waals surface area (Å²) in [5, 5.41) is 2.93. The molecule has 0 aromatic heterocycles. The minimum atomic E-state index is -0.141. The number of carbonyl (C=O) groups excluding carboxylic acids is 1. The molecule has 0 amide bonds. The molecular weight excluding hydrogens is 154 g/mol. The number of nitrogens with one attached hydrogen (secondary N) is 1. The molecule has 0 spiro atoms. The second-order valence-corrected chi connectivity index (χ2v) is 3.04. The minimum absolute atomic E-state index is 0.141. The summed E-state index contributed by atoms with van der Waals surface area (Å²) in [6.07, 6.45) is 0.748.